The number of anilines is 1. The number of hydrogen-bond acceptors (Lipinski definition) is 7. The highest BCUT2D eigenvalue weighted by atomic mass is 35.5. The van der Waals surface area contributed by atoms with Gasteiger partial charge in [-0.3, -0.25) is 4.79 Å². The number of amides is 1. The monoisotopic (exact) mass is 596 g/mol. The molecule has 41 heavy (non-hydrogen) atoms. The van der Waals surface area contributed by atoms with Crippen LogP contribution in [0.15, 0.2) is 46.9 Å². The van der Waals surface area contributed by atoms with Gasteiger partial charge in [0.05, 0.1) is 23.1 Å². The molecule has 3 fully saturated rings. The minimum absolute atomic E-state index is 0.106. The number of nitrogens with one attached hydrogen (secondary N) is 1. The third-order valence-corrected chi connectivity index (χ3v) is 10.3. The van der Waals surface area contributed by atoms with Crippen LogP contribution in [0.1, 0.15) is 50.2 Å². The van der Waals surface area contributed by atoms with E-state index in [4.69, 9.17) is 21.0 Å². The van der Waals surface area contributed by atoms with Crippen LogP contribution in [0.5, 0.6) is 0 Å². The highest BCUT2D eigenvalue weighted by molar-refractivity contribution is 7.91. The number of aromatic nitrogens is 1. The fraction of sp³-hybridized carbons (Fsp3) is 0.433. The molecule has 2 atom stereocenters. The van der Waals surface area contributed by atoms with Gasteiger partial charge in [-0.05, 0) is 56.0 Å². The molecule has 0 bridgehead atoms. The molecule has 11 heteroatoms. The normalized spacial score (nSPS) is 23.0. The highest BCUT2D eigenvalue weighted by Crippen LogP contribution is 2.45. The molecule has 1 aromatic heterocycles. The Labute approximate surface area is 243 Å². The maximum Gasteiger partial charge on any atom is 0.229 e. The zero-order valence-corrected chi connectivity index (χ0v) is 24.0. The van der Waals surface area contributed by atoms with E-state index < -0.39 is 27.1 Å². The SMILES string of the molecule is N#CC1(NC(=O)[C@@H]2CCCC[C@H]2c2oc(-c3ccc(Cl)cc3F)nc2-c2ccc(N3CCS(=O)(=O)CC3)cc2)CC1. The van der Waals surface area contributed by atoms with E-state index in [0.29, 0.717) is 50.2 Å². The first-order valence-electron chi connectivity index (χ1n) is 13.9. The average molecular weight is 597 g/mol. The van der Waals surface area contributed by atoms with Gasteiger partial charge in [0.1, 0.15) is 22.8 Å². The molecule has 2 heterocycles. The van der Waals surface area contributed by atoms with Crippen LogP contribution in [-0.4, -0.2) is 49.4 Å². The van der Waals surface area contributed by atoms with E-state index in [-0.39, 0.29) is 39.8 Å². The molecule has 1 saturated heterocycles. The lowest BCUT2D eigenvalue weighted by Crippen LogP contribution is -2.42. The lowest BCUT2D eigenvalue weighted by Gasteiger charge is -2.30. The first kappa shape index (κ1) is 27.7. The zero-order valence-electron chi connectivity index (χ0n) is 22.4. The number of halogens is 2. The molecule has 2 aliphatic carbocycles. The summed E-state index contributed by atoms with van der Waals surface area (Å²) < 4.78 is 45.0. The van der Waals surface area contributed by atoms with Crippen molar-refractivity contribution in [2.75, 3.05) is 29.5 Å². The van der Waals surface area contributed by atoms with Gasteiger partial charge in [0.15, 0.2) is 9.84 Å². The van der Waals surface area contributed by atoms with Gasteiger partial charge in [0.25, 0.3) is 0 Å². The van der Waals surface area contributed by atoms with Crippen molar-refractivity contribution in [2.24, 2.45) is 5.92 Å². The summed E-state index contributed by atoms with van der Waals surface area (Å²) in [7, 11) is -3.00. The van der Waals surface area contributed by atoms with Gasteiger partial charge in [0, 0.05) is 41.2 Å². The number of nitrogens with zero attached hydrogens (tertiary/aromatic N) is 3. The van der Waals surface area contributed by atoms with E-state index in [0.717, 1.165) is 24.1 Å². The van der Waals surface area contributed by atoms with Crippen molar-refractivity contribution in [3.8, 4) is 28.8 Å². The van der Waals surface area contributed by atoms with Crippen molar-refractivity contribution in [3.05, 3.63) is 59.1 Å². The number of nitriles is 1. The van der Waals surface area contributed by atoms with E-state index >= 15 is 0 Å². The van der Waals surface area contributed by atoms with Crippen molar-refractivity contribution in [1.29, 1.82) is 5.26 Å². The molecule has 1 amide bonds. The van der Waals surface area contributed by atoms with Crippen LogP contribution >= 0.6 is 11.6 Å². The molecule has 0 radical (unpaired) electrons. The molecule has 0 spiro atoms. The third-order valence-electron chi connectivity index (χ3n) is 8.43. The summed E-state index contributed by atoms with van der Waals surface area (Å²) in [5, 5.41) is 12.7. The second-order valence-corrected chi connectivity index (χ2v) is 14.0. The van der Waals surface area contributed by atoms with Crippen molar-refractivity contribution in [3.63, 3.8) is 0 Å². The van der Waals surface area contributed by atoms with Gasteiger partial charge < -0.3 is 14.6 Å². The first-order chi connectivity index (χ1) is 19.7. The molecular formula is C30H30ClFN4O4S. The number of rotatable bonds is 6. The summed E-state index contributed by atoms with van der Waals surface area (Å²) in [5.41, 5.74) is 1.58. The number of benzene rings is 2. The maximum atomic E-state index is 14.9. The number of carbonyl (C=O) groups is 1. The Hall–Kier alpha value is -3.42. The number of carbonyl (C=O) groups excluding carboxylic acids is 1. The third kappa shape index (κ3) is 5.70. The van der Waals surface area contributed by atoms with Crippen LogP contribution in [0.25, 0.3) is 22.7 Å². The predicted molar refractivity (Wildman–Crippen MR) is 154 cm³/mol. The summed E-state index contributed by atoms with van der Waals surface area (Å²) in [6, 6.07) is 14.2. The zero-order chi connectivity index (χ0) is 28.8. The van der Waals surface area contributed by atoms with Crippen molar-refractivity contribution >= 4 is 33.0 Å². The van der Waals surface area contributed by atoms with Gasteiger partial charge >= 0.3 is 0 Å². The molecule has 6 rings (SSSR count). The van der Waals surface area contributed by atoms with Crippen molar-refractivity contribution in [2.45, 2.75) is 50.0 Å². The van der Waals surface area contributed by atoms with Crippen LogP contribution in [0, 0.1) is 23.1 Å². The minimum atomic E-state index is -3.00. The van der Waals surface area contributed by atoms with Crippen molar-refractivity contribution in [1.82, 2.24) is 10.3 Å². The van der Waals surface area contributed by atoms with Crippen LogP contribution in [0.3, 0.4) is 0 Å². The molecule has 2 aromatic carbocycles. The van der Waals surface area contributed by atoms with Gasteiger partial charge in [-0.2, -0.15) is 5.26 Å². The van der Waals surface area contributed by atoms with Gasteiger partial charge in [0.2, 0.25) is 11.8 Å². The first-order valence-corrected chi connectivity index (χ1v) is 16.1. The lowest BCUT2D eigenvalue weighted by atomic mass is 9.76. The quantitative estimate of drug-likeness (QED) is 0.400. The molecule has 1 N–H and O–H groups in total. The minimum Gasteiger partial charge on any atom is -0.440 e. The van der Waals surface area contributed by atoms with Crippen LogP contribution in [-0.2, 0) is 14.6 Å². The average Bonchev–Trinajstić information content (AvgIpc) is 3.60. The molecule has 3 aliphatic rings. The number of sulfone groups is 1. The van der Waals surface area contributed by atoms with E-state index in [1.807, 2.05) is 29.2 Å². The number of oxazole rings is 1. The Morgan fingerprint density at radius 1 is 1.12 bits per heavy atom. The van der Waals surface area contributed by atoms with E-state index in [1.165, 1.54) is 12.1 Å². The van der Waals surface area contributed by atoms with E-state index in [9.17, 15) is 22.9 Å². The molecule has 2 saturated carbocycles. The number of hydrogen-bond donors (Lipinski definition) is 1. The Morgan fingerprint density at radius 3 is 2.49 bits per heavy atom. The summed E-state index contributed by atoms with van der Waals surface area (Å²) in [5.74, 6) is -0.550. The molecule has 3 aromatic rings. The Balaban J connectivity index is 1.37. The second kappa shape index (κ2) is 10.8. The lowest BCUT2D eigenvalue weighted by molar-refractivity contribution is -0.127. The predicted octanol–water partition coefficient (Wildman–Crippen LogP) is 5.48. The fourth-order valence-corrected chi connectivity index (χ4v) is 7.21. The van der Waals surface area contributed by atoms with Crippen LogP contribution < -0.4 is 10.2 Å². The van der Waals surface area contributed by atoms with Crippen LogP contribution in [0.4, 0.5) is 10.1 Å². The van der Waals surface area contributed by atoms with Gasteiger partial charge in [-0.25, -0.2) is 17.8 Å². The Morgan fingerprint density at radius 2 is 1.83 bits per heavy atom. The molecule has 8 nitrogen and oxygen atoms in total. The Bertz CT molecular complexity index is 1610. The highest BCUT2D eigenvalue weighted by Gasteiger charge is 2.47. The topological polar surface area (TPSA) is 116 Å². The smallest absolute Gasteiger partial charge is 0.229 e. The largest absolute Gasteiger partial charge is 0.440 e. The summed E-state index contributed by atoms with van der Waals surface area (Å²) in [6.45, 7) is 0.861. The van der Waals surface area contributed by atoms with Gasteiger partial charge in [-0.15, -0.1) is 0 Å². The summed E-state index contributed by atoms with van der Waals surface area (Å²) in [4.78, 5) is 20.2. The van der Waals surface area contributed by atoms with Gasteiger partial charge in [-0.1, -0.05) is 36.6 Å². The summed E-state index contributed by atoms with van der Waals surface area (Å²) in [6.07, 6.45) is 4.43. The Kier molecular flexibility index (Phi) is 7.28. The van der Waals surface area contributed by atoms with E-state index in [2.05, 4.69) is 11.4 Å². The fourth-order valence-electron chi connectivity index (χ4n) is 5.85. The molecule has 214 valence electrons. The molecular weight excluding hydrogens is 567 g/mol. The van der Waals surface area contributed by atoms with E-state index in [1.54, 1.807) is 6.07 Å². The van der Waals surface area contributed by atoms with Crippen LogP contribution in [0.2, 0.25) is 5.02 Å². The maximum absolute atomic E-state index is 14.9. The second-order valence-electron chi connectivity index (χ2n) is 11.2. The van der Waals surface area contributed by atoms with Crippen molar-refractivity contribution < 1.29 is 22.0 Å². The molecule has 1 aliphatic heterocycles. The molecule has 0 unspecified atom stereocenters. The standard InChI is InChI=1S/C30H30ClFN4O4S/c31-20-7-10-24(25(32)17-20)29-34-26(19-5-8-21(9-6-19)36-13-15-41(38,39)16-14-36)27(40-29)22-3-1-2-4-23(22)28(37)35-30(18-33)11-12-30/h5-10,17,22-23H,1-4,11-16H2,(H,35,37)/t22-,23-/m1/s1. The summed E-state index contributed by atoms with van der Waals surface area (Å²) >= 11 is 5.98.